The third kappa shape index (κ3) is 2.38. The number of aromatic nitrogens is 2. The van der Waals surface area contributed by atoms with Crippen LogP contribution in [0.1, 0.15) is 11.1 Å². The first-order valence-corrected chi connectivity index (χ1v) is 7.28. The van der Waals surface area contributed by atoms with Crippen LogP contribution >= 0.6 is 28.1 Å². The summed E-state index contributed by atoms with van der Waals surface area (Å²) in [6.07, 6.45) is 0. The van der Waals surface area contributed by atoms with E-state index >= 15 is 0 Å². The molecule has 0 spiro atoms. The topological polar surface area (TPSA) is 20.7 Å². The second-order valence-electron chi connectivity index (χ2n) is 4.60. The summed E-state index contributed by atoms with van der Waals surface area (Å²) in [6, 6.07) is 14.6. The number of benzene rings is 2. The molecule has 0 saturated heterocycles. The van der Waals surface area contributed by atoms with Gasteiger partial charge in [0.25, 0.3) is 0 Å². The molecule has 96 valence electrons. The van der Waals surface area contributed by atoms with Gasteiger partial charge in [0.2, 0.25) is 0 Å². The predicted octanol–water partition coefficient (Wildman–Crippen LogP) is 4.82. The first kappa shape index (κ1) is 12.6. The lowest BCUT2D eigenvalue weighted by molar-refractivity contribution is 0.805. The van der Waals surface area contributed by atoms with Crippen molar-refractivity contribution in [2.24, 2.45) is 0 Å². The highest BCUT2D eigenvalue weighted by Crippen LogP contribution is 2.21. The molecule has 4 heteroatoms. The number of nitrogens with one attached hydrogen (secondary N) is 1. The monoisotopic (exact) mass is 332 g/mol. The minimum Gasteiger partial charge on any atom is -0.331 e. The minimum atomic E-state index is 0.761. The Kier molecular flexibility index (Phi) is 3.29. The molecule has 0 amide bonds. The predicted molar refractivity (Wildman–Crippen MR) is 85.1 cm³/mol. The molecule has 0 saturated carbocycles. The highest BCUT2D eigenvalue weighted by atomic mass is 79.9. The van der Waals surface area contributed by atoms with Gasteiger partial charge in [-0.05, 0) is 48.5 Å². The molecule has 1 N–H and O–H groups in total. The van der Waals surface area contributed by atoms with E-state index in [2.05, 4.69) is 68.8 Å². The summed E-state index contributed by atoms with van der Waals surface area (Å²) in [5, 5.41) is 0. The van der Waals surface area contributed by atoms with Crippen LogP contribution < -0.4 is 0 Å². The van der Waals surface area contributed by atoms with Crippen LogP contribution in [0.2, 0.25) is 0 Å². The lowest BCUT2D eigenvalue weighted by Crippen LogP contribution is -2.01. The van der Waals surface area contributed by atoms with Crippen molar-refractivity contribution in [3.05, 3.63) is 62.8 Å². The highest BCUT2D eigenvalue weighted by molar-refractivity contribution is 9.10. The number of hydrogen-bond donors (Lipinski definition) is 1. The Morgan fingerprint density at radius 1 is 1.21 bits per heavy atom. The molecule has 2 aromatic carbocycles. The van der Waals surface area contributed by atoms with E-state index < -0.39 is 0 Å². The summed E-state index contributed by atoms with van der Waals surface area (Å²) in [5.41, 5.74) is 4.78. The molecule has 0 aliphatic carbocycles. The summed E-state index contributed by atoms with van der Waals surface area (Å²) < 4.78 is 3.95. The highest BCUT2D eigenvalue weighted by Gasteiger charge is 2.06. The number of nitrogens with zero attached hydrogens (tertiary/aromatic N) is 1. The Morgan fingerprint density at radius 2 is 2.00 bits per heavy atom. The molecule has 0 unspecified atom stereocenters. The number of aryl methyl sites for hydroxylation is 1. The molecule has 1 aromatic heterocycles. The summed E-state index contributed by atoms with van der Waals surface area (Å²) in [7, 11) is 0. The van der Waals surface area contributed by atoms with Crippen LogP contribution in [0.25, 0.3) is 11.0 Å². The third-order valence-electron chi connectivity index (χ3n) is 3.33. The molecule has 19 heavy (non-hydrogen) atoms. The summed E-state index contributed by atoms with van der Waals surface area (Å²) in [4.78, 5) is 3.26. The lowest BCUT2D eigenvalue weighted by Gasteiger charge is -2.07. The Morgan fingerprint density at radius 3 is 2.79 bits per heavy atom. The molecule has 0 fully saturated rings. The van der Waals surface area contributed by atoms with Gasteiger partial charge in [0.05, 0.1) is 17.6 Å². The fourth-order valence-electron chi connectivity index (χ4n) is 2.25. The van der Waals surface area contributed by atoms with Crippen molar-refractivity contribution in [3.63, 3.8) is 0 Å². The van der Waals surface area contributed by atoms with Crippen LogP contribution in [0.4, 0.5) is 0 Å². The third-order valence-corrected chi connectivity index (χ3v) is 4.14. The maximum absolute atomic E-state index is 5.43. The van der Waals surface area contributed by atoms with E-state index in [0.29, 0.717) is 0 Å². The molecule has 1 heterocycles. The fourth-order valence-corrected chi connectivity index (χ4v) is 2.88. The number of H-pyrrole nitrogens is 1. The van der Waals surface area contributed by atoms with Crippen molar-refractivity contribution < 1.29 is 0 Å². The molecule has 0 aliphatic heterocycles. The Hall–Kier alpha value is -1.39. The van der Waals surface area contributed by atoms with Crippen molar-refractivity contribution in [2.45, 2.75) is 13.5 Å². The van der Waals surface area contributed by atoms with Crippen molar-refractivity contribution in [1.29, 1.82) is 0 Å². The summed E-state index contributed by atoms with van der Waals surface area (Å²) >= 11 is 8.91. The van der Waals surface area contributed by atoms with Crippen molar-refractivity contribution in [1.82, 2.24) is 9.55 Å². The Labute approximate surface area is 125 Å². The molecule has 0 radical (unpaired) electrons. The van der Waals surface area contributed by atoms with Gasteiger partial charge in [0.15, 0.2) is 4.77 Å². The van der Waals surface area contributed by atoms with Crippen LogP contribution in [0.15, 0.2) is 46.9 Å². The average Bonchev–Trinajstić information content (AvgIpc) is 2.68. The van der Waals surface area contributed by atoms with Gasteiger partial charge in [-0.3, -0.25) is 0 Å². The van der Waals surface area contributed by atoms with Gasteiger partial charge < -0.3 is 9.55 Å². The van der Waals surface area contributed by atoms with Gasteiger partial charge in [-0.2, -0.15) is 0 Å². The van der Waals surface area contributed by atoms with E-state index in [1.807, 2.05) is 6.07 Å². The van der Waals surface area contributed by atoms with Crippen LogP contribution in [0.5, 0.6) is 0 Å². The zero-order valence-corrected chi connectivity index (χ0v) is 12.9. The van der Waals surface area contributed by atoms with E-state index in [-0.39, 0.29) is 0 Å². The number of hydrogen-bond acceptors (Lipinski definition) is 1. The second kappa shape index (κ2) is 4.94. The van der Waals surface area contributed by atoms with Crippen LogP contribution in [0.3, 0.4) is 0 Å². The average molecular weight is 333 g/mol. The fraction of sp³-hybridized carbons (Fsp3) is 0.133. The van der Waals surface area contributed by atoms with Gasteiger partial charge >= 0.3 is 0 Å². The van der Waals surface area contributed by atoms with E-state index in [1.165, 1.54) is 11.1 Å². The summed E-state index contributed by atoms with van der Waals surface area (Å²) in [5.74, 6) is 0. The molecule has 3 rings (SSSR count). The van der Waals surface area contributed by atoms with Crippen LogP contribution in [0, 0.1) is 11.7 Å². The number of aromatic amines is 1. The largest absolute Gasteiger partial charge is 0.331 e. The molecular formula is C15H13BrN2S. The Balaban J connectivity index is 2.13. The van der Waals surface area contributed by atoms with E-state index in [0.717, 1.165) is 26.8 Å². The standard InChI is InChI=1S/C15H13BrN2S/c1-10-4-2-3-5-11(10)9-18-14-7-6-12(16)8-13(14)17-15(18)19/h2-8H,9H2,1H3,(H,17,19). The smallest absolute Gasteiger partial charge is 0.178 e. The van der Waals surface area contributed by atoms with Crippen LogP contribution in [-0.4, -0.2) is 9.55 Å². The van der Waals surface area contributed by atoms with Gasteiger partial charge in [-0.15, -0.1) is 0 Å². The second-order valence-corrected chi connectivity index (χ2v) is 5.91. The van der Waals surface area contributed by atoms with Crippen molar-refractivity contribution in [3.8, 4) is 0 Å². The maximum Gasteiger partial charge on any atom is 0.178 e. The number of halogens is 1. The SMILES string of the molecule is Cc1ccccc1Cn1c(=S)[nH]c2cc(Br)ccc21. The first-order chi connectivity index (χ1) is 9.15. The number of rotatable bonds is 2. The summed E-state index contributed by atoms with van der Waals surface area (Å²) in [6.45, 7) is 2.93. The molecule has 3 aromatic rings. The molecular weight excluding hydrogens is 320 g/mol. The van der Waals surface area contributed by atoms with Crippen molar-refractivity contribution >= 4 is 39.2 Å². The van der Waals surface area contributed by atoms with Crippen LogP contribution in [-0.2, 0) is 6.54 Å². The van der Waals surface area contributed by atoms with Gasteiger partial charge in [0.1, 0.15) is 0 Å². The normalized spacial score (nSPS) is 11.1. The molecule has 0 bridgehead atoms. The zero-order valence-electron chi connectivity index (χ0n) is 10.5. The number of imidazole rings is 1. The van der Waals surface area contributed by atoms with Crippen molar-refractivity contribution in [2.75, 3.05) is 0 Å². The van der Waals surface area contributed by atoms with Gasteiger partial charge in [-0.1, -0.05) is 40.2 Å². The van der Waals surface area contributed by atoms with Gasteiger partial charge in [-0.25, -0.2) is 0 Å². The minimum absolute atomic E-state index is 0.761. The zero-order chi connectivity index (χ0) is 13.4. The quantitative estimate of drug-likeness (QED) is 0.667. The first-order valence-electron chi connectivity index (χ1n) is 6.08. The van der Waals surface area contributed by atoms with E-state index in [4.69, 9.17) is 12.2 Å². The molecule has 0 aliphatic rings. The van der Waals surface area contributed by atoms with E-state index in [9.17, 15) is 0 Å². The maximum atomic E-state index is 5.43. The van der Waals surface area contributed by atoms with E-state index in [1.54, 1.807) is 0 Å². The lowest BCUT2D eigenvalue weighted by atomic mass is 10.1. The van der Waals surface area contributed by atoms with Gasteiger partial charge in [0, 0.05) is 4.47 Å². The molecule has 0 atom stereocenters. The molecule has 2 nitrogen and oxygen atoms in total. The Bertz CT molecular complexity index is 801. The number of fused-ring (bicyclic) bond motifs is 1.